The molecule has 1 atom stereocenters. The Labute approximate surface area is 138 Å². The van der Waals surface area contributed by atoms with Crippen LogP contribution in [0.3, 0.4) is 0 Å². The lowest BCUT2D eigenvalue weighted by atomic mass is 9.87. The van der Waals surface area contributed by atoms with Gasteiger partial charge in [0.2, 0.25) is 5.91 Å². The first kappa shape index (κ1) is 20.4. The molecule has 4 N–H and O–H groups in total. The molecule has 1 aromatic carbocycles. The summed E-state index contributed by atoms with van der Waals surface area (Å²) in [6.45, 7) is 8.39. The molecule has 2 amide bonds. The predicted molar refractivity (Wildman–Crippen MR) is 92.4 cm³/mol. The minimum atomic E-state index is -0.593. The monoisotopic (exact) mass is 327 g/mol. The van der Waals surface area contributed by atoms with Gasteiger partial charge in [0.1, 0.15) is 0 Å². The summed E-state index contributed by atoms with van der Waals surface area (Å²) in [6, 6.07) is 6.18. The zero-order valence-electron chi connectivity index (χ0n) is 13.6. The highest BCUT2D eigenvalue weighted by molar-refractivity contribution is 5.97. The quantitative estimate of drug-likeness (QED) is 0.777. The number of halogens is 1. The number of benzene rings is 1. The van der Waals surface area contributed by atoms with Crippen LogP contribution in [0, 0.1) is 5.41 Å². The largest absolute Gasteiger partial charge is 0.352 e. The first-order valence-corrected chi connectivity index (χ1v) is 7.20. The minimum absolute atomic E-state index is 0. The third-order valence-corrected chi connectivity index (χ3v) is 3.17. The van der Waals surface area contributed by atoms with Crippen LogP contribution in [-0.4, -0.2) is 24.4 Å². The van der Waals surface area contributed by atoms with Crippen LogP contribution in [0.5, 0.6) is 0 Å². The first-order valence-electron chi connectivity index (χ1n) is 7.20. The van der Waals surface area contributed by atoms with Crippen molar-refractivity contribution in [1.82, 2.24) is 5.32 Å². The van der Waals surface area contributed by atoms with Gasteiger partial charge in [-0.3, -0.25) is 9.59 Å². The summed E-state index contributed by atoms with van der Waals surface area (Å²) in [6.07, 6.45) is 0.893. The van der Waals surface area contributed by atoms with Gasteiger partial charge in [-0.15, -0.1) is 12.4 Å². The van der Waals surface area contributed by atoms with E-state index in [1.54, 1.807) is 24.3 Å². The molecule has 0 aliphatic carbocycles. The van der Waals surface area contributed by atoms with Crippen molar-refractivity contribution in [1.29, 1.82) is 0 Å². The van der Waals surface area contributed by atoms with E-state index in [1.807, 2.05) is 27.7 Å². The molecule has 0 unspecified atom stereocenters. The second kappa shape index (κ2) is 8.76. The predicted octanol–water partition coefficient (Wildman–Crippen LogP) is 2.56. The van der Waals surface area contributed by atoms with Crippen LogP contribution in [-0.2, 0) is 4.79 Å². The van der Waals surface area contributed by atoms with Crippen LogP contribution in [0.1, 0.15) is 44.5 Å². The van der Waals surface area contributed by atoms with Crippen molar-refractivity contribution >= 4 is 29.9 Å². The molecule has 0 fully saturated rings. The Hall–Kier alpha value is -1.59. The van der Waals surface area contributed by atoms with Crippen molar-refractivity contribution in [2.75, 3.05) is 11.9 Å². The molecule has 0 spiro atoms. The highest BCUT2D eigenvalue weighted by Crippen LogP contribution is 2.19. The van der Waals surface area contributed by atoms with E-state index in [2.05, 4.69) is 10.6 Å². The third kappa shape index (κ3) is 6.03. The second-order valence-electron chi connectivity index (χ2n) is 6.17. The fourth-order valence-corrected chi connectivity index (χ4v) is 1.66. The molecule has 1 rings (SSSR count). The molecular weight excluding hydrogens is 302 g/mol. The van der Waals surface area contributed by atoms with Gasteiger partial charge in [-0.05, 0) is 36.1 Å². The van der Waals surface area contributed by atoms with E-state index >= 15 is 0 Å². The van der Waals surface area contributed by atoms with Gasteiger partial charge in [0.15, 0.2) is 0 Å². The number of hydrogen-bond acceptors (Lipinski definition) is 3. The van der Waals surface area contributed by atoms with Gasteiger partial charge in [0.05, 0.1) is 6.04 Å². The number of carbonyl (C=O) groups is 2. The average molecular weight is 328 g/mol. The van der Waals surface area contributed by atoms with E-state index in [0.717, 1.165) is 6.42 Å². The molecule has 0 aliphatic rings. The molecule has 0 saturated heterocycles. The number of anilines is 1. The van der Waals surface area contributed by atoms with Crippen molar-refractivity contribution in [3.63, 3.8) is 0 Å². The van der Waals surface area contributed by atoms with E-state index in [9.17, 15) is 9.59 Å². The number of nitrogens with one attached hydrogen (secondary N) is 2. The number of rotatable bonds is 5. The molecule has 0 aliphatic heterocycles. The van der Waals surface area contributed by atoms with E-state index in [-0.39, 0.29) is 29.6 Å². The van der Waals surface area contributed by atoms with Gasteiger partial charge in [0.25, 0.3) is 5.91 Å². The second-order valence-corrected chi connectivity index (χ2v) is 6.17. The molecule has 0 aromatic heterocycles. The summed E-state index contributed by atoms with van der Waals surface area (Å²) in [7, 11) is 0. The first-order chi connectivity index (χ1) is 9.75. The van der Waals surface area contributed by atoms with Gasteiger partial charge < -0.3 is 16.4 Å². The van der Waals surface area contributed by atoms with Crippen LogP contribution in [0.4, 0.5) is 5.69 Å². The van der Waals surface area contributed by atoms with Gasteiger partial charge in [0, 0.05) is 17.8 Å². The number of hydrogen-bond donors (Lipinski definition) is 3. The summed E-state index contributed by atoms with van der Waals surface area (Å²) in [4.78, 5) is 23.8. The van der Waals surface area contributed by atoms with E-state index < -0.39 is 6.04 Å². The molecule has 124 valence electrons. The van der Waals surface area contributed by atoms with Crippen molar-refractivity contribution < 1.29 is 9.59 Å². The Morgan fingerprint density at radius 3 is 2.18 bits per heavy atom. The third-order valence-electron chi connectivity index (χ3n) is 3.17. The van der Waals surface area contributed by atoms with Crippen molar-refractivity contribution in [2.45, 2.75) is 40.2 Å². The Bertz CT molecular complexity index is 495. The van der Waals surface area contributed by atoms with E-state index in [4.69, 9.17) is 5.73 Å². The zero-order chi connectivity index (χ0) is 16.0. The maximum absolute atomic E-state index is 12.0. The Kier molecular flexibility index (Phi) is 8.12. The summed E-state index contributed by atoms with van der Waals surface area (Å²) in [5.41, 5.74) is 6.80. The SMILES string of the molecule is CCCNC(=O)c1ccc(NC(=O)[C@@H](N)C(C)(C)C)cc1.Cl. The average Bonchev–Trinajstić information content (AvgIpc) is 2.43. The van der Waals surface area contributed by atoms with Crippen LogP contribution >= 0.6 is 12.4 Å². The molecule has 5 nitrogen and oxygen atoms in total. The summed E-state index contributed by atoms with van der Waals surface area (Å²) in [5, 5.41) is 5.56. The van der Waals surface area contributed by atoms with Crippen molar-refractivity contribution in [2.24, 2.45) is 11.1 Å². The molecule has 22 heavy (non-hydrogen) atoms. The standard InChI is InChI=1S/C16H25N3O2.ClH/c1-5-10-18-14(20)11-6-8-12(9-7-11)19-15(21)13(17)16(2,3)4;/h6-9,13H,5,10,17H2,1-4H3,(H,18,20)(H,19,21);1H/t13-;/m1./s1. The van der Waals surface area contributed by atoms with Crippen molar-refractivity contribution in [3.8, 4) is 0 Å². The molecule has 0 radical (unpaired) electrons. The number of carbonyl (C=O) groups excluding carboxylic acids is 2. The fourth-order valence-electron chi connectivity index (χ4n) is 1.66. The Balaban J connectivity index is 0.00000441. The van der Waals surface area contributed by atoms with Crippen LogP contribution in [0.25, 0.3) is 0 Å². The smallest absolute Gasteiger partial charge is 0.251 e. The number of amides is 2. The van der Waals surface area contributed by atoms with E-state index in [0.29, 0.717) is 17.8 Å². The topological polar surface area (TPSA) is 84.2 Å². The van der Waals surface area contributed by atoms with Crippen LogP contribution in [0.2, 0.25) is 0 Å². The van der Waals surface area contributed by atoms with Crippen molar-refractivity contribution in [3.05, 3.63) is 29.8 Å². The molecule has 1 aromatic rings. The van der Waals surface area contributed by atoms with Gasteiger partial charge in [-0.25, -0.2) is 0 Å². The molecule has 0 heterocycles. The maximum Gasteiger partial charge on any atom is 0.251 e. The fraction of sp³-hybridized carbons (Fsp3) is 0.500. The van der Waals surface area contributed by atoms with E-state index in [1.165, 1.54) is 0 Å². The minimum Gasteiger partial charge on any atom is -0.352 e. The molecule has 0 bridgehead atoms. The summed E-state index contributed by atoms with van der Waals surface area (Å²) in [5.74, 6) is -0.341. The lowest BCUT2D eigenvalue weighted by Crippen LogP contribution is -2.45. The summed E-state index contributed by atoms with van der Waals surface area (Å²) >= 11 is 0. The lowest BCUT2D eigenvalue weighted by Gasteiger charge is -2.25. The van der Waals surface area contributed by atoms with Gasteiger partial charge in [-0.2, -0.15) is 0 Å². The highest BCUT2D eigenvalue weighted by atomic mass is 35.5. The Morgan fingerprint density at radius 1 is 1.18 bits per heavy atom. The summed E-state index contributed by atoms with van der Waals surface area (Å²) < 4.78 is 0. The van der Waals surface area contributed by atoms with Gasteiger partial charge >= 0.3 is 0 Å². The molecule has 0 saturated carbocycles. The zero-order valence-corrected chi connectivity index (χ0v) is 14.4. The van der Waals surface area contributed by atoms with Crippen LogP contribution in [0.15, 0.2) is 24.3 Å². The molecular formula is C16H26ClN3O2. The highest BCUT2D eigenvalue weighted by Gasteiger charge is 2.27. The van der Waals surface area contributed by atoms with Gasteiger partial charge in [-0.1, -0.05) is 27.7 Å². The lowest BCUT2D eigenvalue weighted by molar-refractivity contribution is -0.119. The number of nitrogens with two attached hydrogens (primary N) is 1. The maximum atomic E-state index is 12.0. The molecule has 6 heteroatoms. The Morgan fingerprint density at radius 2 is 1.73 bits per heavy atom. The van der Waals surface area contributed by atoms with Crippen LogP contribution < -0.4 is 16.4 Å². The normalized spacial score (nSPS) is 12.0.